The predicted octanol–water partition coefficient (Wildman–Crippen LogP) is 2.58. The highest BCUT2D eigenvalue weighted by Gasteiger charge is 2.14. The Bertz CT molecular complexity index is 1030. The third-order valence-corrected chi connectivity index (χ3v) is 6.35. The first-order valence-electron chi connectivity index (χ1n) is 8.32. The molecule has 0 radical (unpaired) electrons. The van der Waals surface area contributed by atoms with E-state index in [-0.39, 0.29) is 11.4 Å². The Balaban J connectivity index is 1.59. The Kier molecular flexibility index (Phi) is 6.15. The highest BCUT2D eigenvalue weighted by atomic mass is 32.2. The molecule has 3 aromatic rings. The lowest BCUT2D eigenvalue weighted by Crippen LogP contribution is -2.25. The van der Waals surface area contributed by atoms with Crippen LogP contribution in [0.5, 0.6) is 0 Å². The zero-order chi connectivity index (χ0) is 19.3. The third kappa shape index (κ3) is 4.88. The van der Waals surface area contributed by atoms with Crippen molar-refractivity contribution in [3.8, 4) is 0 Å². The maximum absolute atomic E-state index is 12.2. The van der Waals surface area contributed by atoms with Gasteiger partial charge in [-0.05, 0) is 30.7 Å². The molecule has 0 aliphatic heterocycles. The summed E-state index contributed by atoms with van der Waals surface area (Å²) in [5.41, 5.74) is 1.51. The van der Waals surface area contributed by atoms with Crippen molar-refractivity contribution in [2.24, 2.45) is 0 Å². The van der Waals surface area contributed by atoms with Gasteiger partial charge in [-0.1, -0.05) is 42.1 Å². The van der Waals surface area contributed by atoms with E-state index in [9.17, 15) is 13.2 Å². The lowest BCUT2D eigenvalue weighted by atomic mass is 10.3. The summed E-state index contributed by atoms with van der Waals surface area (Å²) in [7, 11) is -3.51. The number of carbonyl (C=O) groups is 1. The molecule has 0 atom stereocenters. The summed E-state index contributed by atoms with van der Waals surface area (Å²) in [5.74, 6) is -0.323. The topological polar surface area (TPSA) is 101 Å². The SMILES string of the molecule is O=C(O)Cn1c(SCCCNS(=O)(=O)c2ccccc2)nc2ccccc21. The van der Waals surface area contributed by atoms with Crippen LogP contribution in [0.1, 0.15) is 6.42 Å². The first kappa shape index (κ1) is 19.4. The molecule has 7 nitrogen and oxygen atoms in total. The molecule has 27 heavy (non-hydrogen) atoms. The quantitative estimate of drug-likeness (QED) is 0.419. The minimum Gasteiger partial charge on any atom is -0.480 e. The van der Waals surface area contributed by atoms with Crippen molar-refractivity contribution in [2.45, 2.75) is 23.0 Å². The summed E-state index contributed by atoms with van der Waals surface area (Å²) < 4.78 is 28.6. The number of nitrogens with zero attached hydrogens (tertiary/aromatic N) is 2. The van der Waals surface area contributed by atoms with Crippen LogP contribution in [-0.4, -0.2) is 41.3 Å². The highest BCUT2D eigenvalue weighted by molar-refractivity contribution is 7.99. The van der Waals surface area contributed by atoms with Crippen molar-refractivity contribution in [1.29, 1.82) is 0 Å². The molecular formula is C18H19N3O4S2. The van der Waals surface area contributed by atoms with E-state index in [1.807, 2.05) is 24.3 Å². The molecule has 0 aliphatic carbocycles. The fourth-order valence-corrected chi connectivity index (χ4v) is 4.62. The van der Waals surface area contributed by atoms with Gasteiger partial charge >= 0.3 is 5.97 Å². The first-order chi connectivity index (χ1) is 13.0. The minimum absolute atomic E-state index is 0.163. The Morgan fingerprint density at radius 1 is 1.11 bits per heavy atom. The Morgan fingerprint density at radius 2 is 1.81 bits per heavy atom. The van der Waals surface area contributed by atoms with Gasteiger partial charge in [0.05, 0.1) is 15.9 Å². The third-order valence-electron chi connectivity index (χ3n) is 3.81. The van der Waals surface area contributed by atoms with Crippen molar-refractivity contribution < 1.29 is 18.3 Å². The van der Waals surface area contributed by atoms with Crippen LogP contribution in [0.25, 0.3) is 11.0 Å². The fourth-order valence-electron chi connectivity index (χ4n) is 2.58. The molecule has 0 amide bonds. The summed E-state index contributed by atoms with van der Waals surface area (Å²) in [4.78, 5) is 15.9. The Morgan fingerprint density at radius 3 is 2.56 bits per heavy atom. The van der Waals surface area contributed by atoms with E-state index in [4.69, 9.17) is 5.11 Å². The summed E-state index contributed by atoms with van der Waals surface area (Å²) in [5, 5.41) is 9.76. The monoisotopic (exact) mass is 405 g/mol. The zero-order valence-electron chi connectivity index (χ0n) is 14.4. The van der Waals surface area contributed by atoms with Crippen molar-refractivity contribution in [3.05, 3.63) is 54.6 Å². The highest BCUT2D eigenvalue weighted by Crippen LogP contribution is 2.24. The summed E-state index contributed by atoms with van der Waals surface area (Å²) >= 11 is 1.41. The Labute approximate surface area is 161 Å². The number of thioether (sulfide) groups is 1. The number of para-hydroxylation sites is 2. The molecule has 0 aliphatic rings. The van der Waals surface area contributed by atoms with E-state index in [2.05, 4.69) is 9.71 Å². The summed E-state index contributed by atoms with van der Waals surface area (Å²) in [6.45, 7) is 0.132. The molecule has 0 unspecified atom stereocenters. The molecule has 0 spiro atoms. The number of hydrogen-bond acceptors (Lipinski definition) is 5. The van der Waals surface area contributed by atoms with Crippen LogP contribution < -0.4 is 4.72 Å². The molecule has 2 N–H and O–H groups in total. The predicted molar refractivity (Wildman–Crippen MR) is 104 cm³/mol. The van der Waals surface area contributed by atoms with Gasteiger partial charge in [-0.3, -0.25) is 4.79 Å². The maximum Gasteiger partial charge on any atom is 0.323 e. The first-order valence-corrected chi connectivity index (χ1v) is 10.8. The number of fused-ring (bicyclic) bond motifs is 1. The normalized spacial score (nSPS) is 11.7. The summed E-state index contributed by atoms with van der Waals surface area (Å²) in [6.07, 6.45) is 0.590. The average Bonchev–Trinajstić information content (AvgIpc) is 2.99. The van der Waals surface area contributed by atoms with Crippen LogP contribution in [-0.2, 0) is 21.4 Å². The largest absolute Gasteiger partial charge is 0.480 e. The maximum atomic E-state index is 12.2. The lowest BCUT2D eigenvalue weighted by molar-refractivity contribution is -0.137. The van der Waals surface area contributed by atoms with E-state index in [1.54, 1.807) is 34.9 Å². The number of hydrogen-bond donors (Lipinski definition) is 2. The number of carboxylic acid groups (broad SMARTS) is 1. The van der Waals surface area contributed by atoms with E-state index in [0.29, 0.717) is 23.9 Å². The van der Waals surface area contributed by atoms with Crippen molar-refractivity contribution in [2.75, 3.05) is 12.3 Å². The van der Waals surface area contributed by atoms with Crippen LogP contribution in [0, 0.1) is 0 Å². The van der Waals surface area contributed by atoms with E-state index in [0.717, 1.165) is 11.0 Å². The van der Waals surface area contributed by atoms with Crippen LogP contribution in [0.3, 0.4) is 0 Å². The molecule has 0 fully saturated rings. The van der Waals surface area contributed by atoms with Crippen molar-refractivity contribution in [3.63, 3.8) is 0 Å². The standard InChI is InChI=1S/C18H19N3O4S2/c22-17(23)13-21-16-10-5-4-9-15(16)20-18(21)26-12-6-11-19-27(24,25)14-7-2-1-3-8-14/h1-5,7-10,19H,6,11-13H2,(H,22,23). The van der Waals surface area contributed by atoms with E-state index < -0.39 is 16.0 Å². The van der Waals surface area contributed by atoms with Gasteiger partial charge in [0.1, 0.15) is 6.54 Å². The van der Waals surface area contributed by atoms with Gasteiger partial charge in [0.25, 0.3) is 0 Å². The van der Waals surface area contributed by atoms with E-state index in [1.165, 1.54) is 11.8 Å². The zero-order valence-corrected chi connectivity index (χ0v) is 16.0. The second-order valence-electron chi connectivity index (χ2n) is 5.78. The number of carboxylic acids is 1. The van der Waals surface area contributed by atoms with Crippen LogP contribution in [0.2, 0.25) is 0 Å². The molecule has 1 heterocycles. The Hall–Kier alpha value is -2.36. The van der Waals surface area contributed by atoms with Gasteiger partial charge in [0.15, 0.2) is 5.16 Å². The molecule has 9 heteroatoms. The van der Waals surface area contributed by atoms with Gasteiger partial charge in [-0.15, -0.1) is 0 Å². The second-order valence-corrected chi connectivity index (χ2v) is 8.60. The summed E-state index contributed by atoms with van der Waals surface area (Å²) in [6, 6.07) is 15.6. The number of aliphatic carboxylic acids is 1. The molecule has 142 valence electrons. The number of nitrogens with one attached hydrogen (secondary N) is 1. The lowest BCUT2D eigenvalue weighted by Gasteiger charge is -2.07. The van der Waals surface area contributed by atoms with Crippen LogP contribution in [0.4, 0.5) is 0 Å². The van der Waals surface area contributed by atoms with E-state index >= 15 is 0 Å². The van der Waals surface area contributed by atoms with Crippen LogP contribution in [0.15, 0.2) is 64.6 Å². The second kappa shape index (κ2) is 8.55. The number of aromatic nitrogens is 2. The molecule has 2 aromatic carbocycles. The number of sulfonamides is 1. The van der Waals surface area contributed by atoms with Gasteiger partial charge in [-0.2, -0.15) is 0 Å². The molecule has 3 rings (SSSR count). The van der Waals surface area contributed by atoms with Gasteiger partial charge < -0.3 is 9.67 Å². The fraction of sp³-hybridized carbons (Fsp3) is 0.222. The number of imidazole rings is 1. The molecule has 0 saturated carbocycles. The molecule has 0 bridgehead atoms. The smallest absolute Gasteiger partial charge is 0.323 e. The van der Waals surface area contributed by atoms with Gasteiger partial charge in [0, 0.05) is 12.3 Å². The van der Waals surface area contributed by atoms with Crippen molar-refractivity contribution in [1.82, 2.24) is 14.3 Å². The molecule has 1 aromatic heterocycles. The number of benzene rings is 2. The molecule has 0 saturated heterocycles. The van der Waals surface area contributed by atoms with Gasteiger partial charge in [0.2, 0.25) is 10.0 Å². The number of rotatable bonds is 9. The minimum atomic E-state index is -3.51. The van der Waals surface area contributed by atoms with Gasteiger partial charge in [-0.25, -0.2) is 18.1 Å². The van der Waals surface area contributed by atoms with Crippen molar-refractivity contribution >= 4 is 38.8 Å². The average molecular weight is 406 g/mol. The molecular weight excluding hydrogens is 386 g/mol. The van der Waals surface area contributed by atoms with Crippen LogP contribution >= 0.6 is 11.8 Å².